The van der Waals surface area contributed by atoms with E-state index in [9.17, 15) is 43.9 Å². The highest BCUT2D eigenvalue weighted by molar-refractivity contribution is 5.27. The van der Waals surface area contributed by atoms with Crippen molar-refractivity contribution in [2.24, 2.45) is 0 Å². The number of hydrogen-bond donors (Lipinski definition) is 0. The predicted octanol–water partition coefficient (Wildman–Crippen LogP) is 4.00. The Kier molecular flexibility index (Phi) is 2.61. The van der Waals surface area contributed by atoms with Crippen LogP contribution in [0, 0.1) is 0 Å². The molecule has 0 nitrogen and oxygen atoms in total. The molecule has 10 heteroatoms. The van der Waals surface area contributed by atoms with Gasteiger partial charge in [-0.15, -0.1) is 0 Å². The zero-order chi connectivity index (χ0) is 15.0. The van der Waals surface area contributed by atoms with E-state index in [1.165, 1.54) is 0 Å². The lowest BCUT2D eigenvalue weighted by Gasteiger charge is -2.53. The van der Waals surface area contributed by atoms with Crippen molar-refractivity contribution in [2.45, 2.75) is 48.9 Å². The van der Waals surface area contributed by atoms with E-state index in [0.29, 0.717) is 0 Å². The topological polar surface area (TPSA) is 0 Å². The SMILES string of the molecule is C[C@]1(F)C(F)(F)C(F)(F)C(F)(F)C(F)(F)[C@@]1(C)F. The second-order valence-electron chi connectivity index (χ2n) is 4.30. The monoisotopic (exact) mass is 292 g/mol. The van der Waals surface area contributed by atoms with Gasteiger partial charge in [0.1, 0.15) is 0 Å². The molecule has 1 rings (SSSR count). The van der Waals surface area contributed by atoms with Crippen LogP contribution in [0.1, 0.15) is 13.8 Å². The fourth-order valence-electron chi connectivity index (χ4n) is 1.57. The molecule has 1 fully saturated rings. The van der Waals surface area contributed by atoms with Gasteiger partial charge in [0.15, 0.2) is 0 Å². The molecular formula is C8H6F10. The van der Waals surface area contributed by atoms with Crippen LogP contribution in [-0.4, -0.2) is 35.0 Å². The number of alkyl halides is 10. The minimum Gasteiger partial charge on any atom is -0.233 e. The first-order chi connectivity index (χ1) is 7.50. The van der Waals surface area contributed by atoms with Crippen molar-refractivity contribution in [2.75, 3.05) is 0 Å². The molecule has 0 bridgehead atoms. The largest absolute Gasteiger partial charge is 0.381 e. The van der Waals surface area contributed by atoms with Crippen molar-refractivity contribution in [3.05, 3.63) is 0 Å². The van der Waals surface area contributed by atoms with Gasteiger partial charge in [0, 0.05) is 0 Å². The summed E-state index contributed by atoms with van der Waals surface area (Å²) in [6.45, 7) is -1.21. The molecule has 0 unspecified atom stereocenters. The van der Waals surface area contributed by atoms with Crippen LogP contribution in [-0.2, 0) is 0 Å². The lowest BCUT2D eigenvalue weighted by Crippen LogP contribution is -2.83. The smallest absolute Gasteiger partial charge is 0.233 e. The molecule has 1 aliphatic rings. The first-order valence-corrected chi connectivity index (χ1v) is 4.39. The van der Waals surface area contributed by atoms with Crippen molar-refractivity contribution < 1.29 is 43.9 Å². The van der Waals surface area contributed by atoms with Crippen molar-refractivity contribution in [3.8, 4) is 0 Å². The summed E-state index contributed by atoms with van der Waals surface area (Å²) in [6.07, 6.45) is 0. The molecule has 0 saturated heterocycles. The van der Waals surface area contributed by atoms with Crippen LogP contribution in [0.3, 0.4) is 0 Å². The molecule has 0 heterocycles. The van der Waals surface area contributed by atoms with E-state index in [-0.39, 0.29) is 0 Å². The average Bonchev–Trinajstić information content (AvgIpc) is 2.14. The molecule has 0 amide bonds. The minimum absolute atomic E-state index is 0.607. The van der Waals surface area contributed by atoms with Crippen LogP contribution < -0.4 is 0 Å². The number of halogens is 10. The first kappa shape index (κ1) is 15.4. The Hall–Kier alpha value is -0.700. The summed E-state index contributed by atoms with van der Waals surface area (Å²) in [5, 5.41) is 0. The summed E-state index contributed by atoms with van der Waals surface area (Å²) in [6, 6.07) is 0. The molecular weight excluding hydrogens is 286 g/mol. The fourth-order valence-corrected chi connectivity index (χ4v) is 1.57. The van der Waals surface area contributed by atoms with E-state index in [1.54, 1.807) is 0 Å². The molecule has 0 N–H and O–H groups in total. The van der Waals surface area contributed by atoms with Crippen molar-refractivity contribution in [1.82, 2.24) is 0 Å². The summed E-state index contributed by atoms with van der Waals surface area (Å²) in [5.74, 6) is -26.1. The first-order valence-electron chi connectivity index (χ1n) is 4.39. The highest BCUT2D eigenvalue weighted by Gasteiger charge is 2.97. The minimum atomic E-state index is -6.74. The zero-order valence-corrected chi connectivity index (χ0v) is 8.78. The van der Waals surface area contributed by atoms with Gasteiger partial charge in [0.05, 0.1) is 0 Å². The highest BCUT2D eigenvalue weighted by atomic mass is 19.4. The Bertz CT molecular complexity index is 249. The summed E-state index contributed by atoms with van der Waals surface area (Å²) in [5.41, 5.74) is -10.4. The fraction of sp³-hybridized carbons (Fsp3) is 1.00. The Morgan fingerprint density at radius 1 is 0.389 bits per heavy atom. The number of hydrogen-bond acceptors (Lipinski definition) is 0. The van der Waals surface area contributed by atoms with E-state index in [0.717, 1.165) is 0 Å². The normalized spacial score (nSPS) is 44.7. The molecule has 1 aliphatic carbocycles. The second-order valence-corrected chi connectivity index (χ2v) is 4.30. The van der Waals surface area contributed by atoms with Crippen molar-refractivity contribution in [3.63, 3.8) is 0 Å². The summed E-state index contributed by atoms with van der Waals surface area (Å²) in [4.78, 5) is 0. The van der Waals surface area contributed by atoms with Gasteiger partial charge in [-0.2, -0.15) is 35.1 Å². The third-order valence-corrected chi connectivity index (χ3v) is 3.24. The van der Waals surface area contributed by atoms with Crippen LogP contribution in [0.5, 0.6) is 0 Å². The van der Waals surface area contributed by atoms with Crippen molar-refractivity contribution >= 4 is 0 Å². The van der Waals surface area contributed by atoms with Gasteiger partial charge >= 0.3 is 23.7 Å². The average molecular weight is 292 g/mol. The lowest BCUT2D eigenvalue weighted by molar-refractivity contribution is -0.458. The van der Waals surface area contributed by atoms with Crippen LogP contribution >= 0.6 is 0 Å². The predicted molar refractivity (Wildman–Crippen MR) is 38.8 cm³/mol. The zero-order valence-electron chi connectivity index (χ0n) is 8.78. The lowest BCUT2D eigenvalue weighted by atomic mass is 9.67. The second kappa shape index (κ2) is 3.06. The molecule has 2 atom stereocenters. The Morgan fingerprint density at radius 2 is 0.556 bits per heavy atom. The summed E-state index contributed by atoms with van der Waals surface area (Å²) >= 11 is 0. The molecule has 0 radical (unpaired) electrons. The summed E-state index contributed by atoms with van der Waals surface area (Å²) < 4.78 is 129. The Morgan fingerprint density at radius 3 is 0.722 bits per heavy atom. The van der Waals surface area contributed by atoms with E-state index in [2.05, 4.69) is 0 Å². The quantitative estimate of drug-likeness (QED) is 0.592. The standard InChI is InChI=1S/C8H6F10/c1-3(9)4(2,10)6(13,14)8(17,18)7(15,16)5(3,11)12/h1-2H3/t3-,4+. The molecule has 0 aromatic rings. The number of rotatable bonds is 0. The Balaban J connectivity index is 3.72. The van der Waals surface area contributed by atoms with E-state index >= 15 is 0 Å². The third-order valence-electron chi connectivity index (χ3n) is 3.24. The highest BCUT2D eigenvalue weighted by Crippen LogP contribution is 2.68. The molecule has 1 saturated carbocycles. The van der Waals surface area contributed by atoms with Gasteiger partial charge in [-0.3, -0.25) is 0 Å². The molecule has 0 aromatic carbocycles. The molecule has 108 valence electrons. The van der Waals surface area contributed by atoms with Crippen LogP contribution in [0.15, 0.2) is 0 Å². The van der Waals surface area contributed by atoms with Gasteiger partial charge < -0.3 is 0 Å². The van der Waals surface area contributed by atoms with Crippen LogP contribution in [0.4, 0.5) is 43.9 Å². The van der Waals surface area contributed by atoms with Crippen LogP contribution in [0.25, 0.3) is 0 Å². The van der Waals surface area contributed by atoms with Crippen molar-refractivity contribution in [1.29, 1.82) is 0 Å². The molecule has 0 spiro atoms. The van der Waals surface area contributed by atoms with E-state index in [4.69, 9.17) is 0 Å². The van der Waals surface area contributed by atoms with Gasteiger partial charge in [-0.1, -0.05) is 0 Å². The maximum atomic E-state index is 13.3. The maximum Gasteiger partial charge on any atom is 0.381 e. The molecule has 0 aliphatic heterocycles. The van der Waals surface area contributed by atoms with Gasteiger partial charge in [-0.25, -0.2) is 8.78 Å². The third kappa shape index (κ3) is 1.10. The van der Waals surface area contributed by atoms with Gasteiger partial charge in [0.2, 0.25) is 11.3 Å². The maximum absolute atomic E-state index is 13.3. The molecule has 18 heavy (non-hydrogen) atoms. The van der Waals surface area contributed by atoms with Gasteiger partial charge in [-0.05, 0) is 13.8 Å². The summed E-state index contributed by atoms with van der Waals surface area (Å²) in [7, 11) is 0. The van der Waals surface area contributed by atoms with Gasteiger partial charge in [0.25, 0.3) is 0 Å². The van der Waals surface area contributed by atoms with Crippen LogP contribution in [0.2, 0.25) is 0 Å². The van der Waals surface area contributed by atoms with E-state index < -0.39 is 48.9 Å². The molecule has 0 aromatic heterocycles. The van der Waals surface area contributed by atoms with E-state index in [1.807, 2.05) is 0 Å². The Labute approximate surface area is 93.9 Å².